The molecule has 1 aromatic heterocycles. The monoisotopic (exact) mass is 733 g/mol. The molecule has 0 amide bonds. The second-order valence-electron chi connectivity index (χ2n) is 9.87. The standard InChI is InChI=1S/C29H8F16N3P/c1-3-10(30)7(19(39)21(41)12(3)32)27-46-28(8-11(31)4(2)26(49)25(45)20(8)40)48-29(47-27)9-17(37)13(33)5(14(34)18(9)38)6-15(35)22(42)24(44)23(43)16(6)36/h49H2,1-2H3. The molecule has 20 heteroatoms. The smallest absolute Gasteiger partial charge is 0.200 e. The molecule has 256 valence electrons. The molecule has 0 fully saturated rings. The number of benzene rings is 4. The van der Waals surface area contributed by atoms with Crippen molar-refractivity contribution in [1.82, 2.24) is 15.0 Å². The summed E-state index contributed by atoms with van der Waals surface area (Å²) in [6, 6.07) is 0. The Balaban J connectivity index is 1.94. The Hall–Kier alpha value is -4.80. The van der Waals surface area contributed by atoms with E-state index < -0.39 is 155 Å². The van der Waals surface area contributed by atoms with Crippen LogP contribution >= 0.6 is 9.24 Å². The van der Waals surface area contributed by atoms with Gasteiger partial charge < -0.3 is 0 Å². The summed E-state index contributed by atoms with van der Waals surface area (Å²) in [5, 5.41) is -0.730. The van der Waals surface area contributed by atoms with Gasteiger partial charge >= 0.3 is 0 Å². The van der Waals surface area contributed by atoms with Crippen molar-refractivity contribution in [3.8, 4) is 45.3 Å². The largest absolute Gasteiger partial charge is 0.208 e. The number of aromatic nitrogens is 3. The minimum absolute atomic E-state index is 0.539. The van der Waals surface area contributed by atoms with Gasteiger partial charge in [0.15, 0.2) is 93.1 Å². The van der Waals surface area contributed by atoms with Gasteiger partial charge in [-0.1, -0.05) is 0 Å². The van der Waals surface area contributed by atoms with E-state index in [2.05, 4.69) is 15.0 Å². The third-order valence-electron chi connectivity index (χ3n) is 7.11. The number of hydrogen-bond acceptors (Lipinski definition) is 3. The Kier molecular flexibility index (Phi) is 8.89. The van der Waals surface area contributed by atoms with E-state index in [1.54, 1.807) is 9.24 Å². The lowest BCUT2D eigenvalue weighted by Crippen LogP contribution is -2.15. The van der Waals surface area contributed by atoms with Crippen molar-refractivity contribution in [2.45, 2.75) is 13.8 Å². The molecule has 0 N–H and O–H groups in total. The van der Waals surface area contributed by atoms with Crippen molar-refractivity contribution >= 4 is 14.5 Å². The zero-order chi connectivity index (χ0) is 36.7. The second kappa shape index (κ2) is 12.3. The molecule has 0 radical (unpaired) electrons. The highest BCUT2D eigenvalue weighted by Crippen LogP contribution is 2.41. The zero-order valence-corrected chi connectivity index (χ0v) is 24.6. The van der Waals surface area contributed by atoms with E-state index in [4.69, 9.17) is 0 Å². The number of nitrogens with zero attached hydrogens (tertiary/aromatic N) is 3. The van der Waals surface area contributed by atoms with Crippen LogP contribution in [-0.2, 0) is 0 Å². The van der Waals surface area contributed by atoms with Crippen LogP contribution in [0.5, 0.6) is 0 Å². The first-order chi connectivity index (χ1) is 22.8. The molecule has 3 nitrogen and oxygen atoms in total. The van der Waals surface area contributed by atoms with Crippen LogP contribution in [0, 0.1) is 107 Å². The lowest BCUT2D eigenvalue weighted by molar-refractivity contribution is 0.379. The van der Waals surface area contributed by atoms with Crippen molar-refractivity contribution in [3.63, 3.8) is 0 Å². The van der Waals surface area contributed by atoms with Crippen LogP contribution < -0.4 is 5.30 Å². The summed E-state index contributed by atoms with van der Waals surface area (Å²) in [5.74, 6) is -45.7. The summed E-state index contributed by atoms with van der Waals surface area (Å²) in [6.45, 7) is 1.39. The fraction of sp³-hybridized carbons (Fsp3) is 0.0690. The Bertz CT molecular complexity index is 2090. The van der Waals surface area contributed by atoms with Crippen molar-refractivity contribution < 1.29 is 70.2 Å². The summed E-state index contributed by atoms with van der Waals surface area (Å²) in [5.41, 5.74) is -12.7. The normalized spacial score (nSPS) is 11.6. The highest BCUT2D eigenvalue weighted by Gasteiger charge is 2.37. The maximum absolute atomic E-state index is 15.5. The summed E-state index contributed by atoms with van der Waals surface area (Å²) in [6.07, 6.45) is 0. The molecule has 0 bridgehead atoms. The van der Waals surface area contributed by atoms with Crippen LogP contribution in [0.25, 0.3) is 45.3 Å². The molecule has 0 aliphatic rings. The van der Waals surface area contributed by atoms with Crippen LogP contribution in [0.3, 0.4) is 0 Å². The Labute approximate surface area is 263 Å². The third-order valence-corrected chi connectivity index (χ3v) is 7.80. The molecule has 0 aliphatic heterocycles. The summed E-state index contributed by atoms with van der Waals surface area (Å²) < 4.78 is 235. The topological polar surface area (TPSA) is 38.7 Å². The van der Waals surface area contributed by atoms with Gasteiger partial charge in [-0.25, -0.2) is 85.2 Å². The molecule has 0 saturated heterocycles. The van der Waals surface area contributed by atoms with E-state index in [1.807, 2.05) is 0 Å². The average Bonchev–Trinajstić information content (AvgIpc) is 3.07. The minimum atomic E-state index is -2.90. The van der Waals surface area contributed by atoms with E-state index in [9.17, 15) is 39.5 Å². The number of hydrogen-bond donors (Lipinski definition) is 0. The van der Waals surface area contributed by atoms with Crippen LogP contribution in [0.1, 0.15) is 11.1 Å². The van der Waals surface area contributed by atoms with Crippen LogP contribution in [0.2, 0.25) is 0 Å². The molecule has 1 atom stereocenters. The lowest BCUT2D eigenvalue weighted by Gasteiger charge is -2.16. The molecule has 5 rings (SSSR count). The lowest BCUT2D eigenvalue weighted by atomic mass is 9.98. The first-order valence-corrected chi connectivity index (χ1v) is 13.2. The predicted molar refractivity (Wildman–Crippen MR) is 140 cm³/mol. The first kappa shape index (κ1) is 35.5. The van der Waals surface area contributed by atoms with Gasteiger partial charge in [0.2, 0.25) is 5.82 Å². The minimum Gasteiger partial charge on any atom is -0.208 e. The quantitative estimate of drug-likeness (QED) is 0.0803. The molecule has 4 aromatic carbocycles. The maximum Gasteiger partial charge on any atom is 0.200 e. The van der Waals surface area contributed by atoms with Crippen LogP contribution in [0.15, 0.2) is 0 Å². The average molecular weight is 733 g/mol. The van der Waals surface area contributed by atoms with Gasteiger partial charge in [-0.2, -0.15) is 0 Å². The van der Waals surface area contributed by atoms with Gasteiger partial charge in [-0.05, 0) is 19.4 Å². The van der Waals surface area contributed by atoms with Crippen LogP contribution in [0.4, 0.5) is 70.2 Å². The Morgan fingerprint density at radius 1 is 0.286 bits per heavy atom. The number of halogens is 16. The molecule has 0 saturated carbocycles. The van der Waals surface area contributed by atoms with E-state index in [0.29, 0.717) is 6.92 Å². The van der Waals surface area contributed by atoms with E-state index in [1.165, 1.54) is 0 Å². The van der Waals surface area contributed by atoms with Gasteiger partial charge in [-0.15, -0.1) is 9.24 Å². The Morgan fingerprint density at radius 3 is 0.939 bits per heavy atom. The SMILES string of the molecule is Cc1c(F)c(F)c(F)c(-c2nc(-c3c(F)c(C)c(P)c(F)c3F)nc(-c3c(F)c(F)c(-c4c(F)c(F)c(F)c(F)c4F)c(F)c3F)n2)c1F. The molecular weight excluding hydrogens is 725 g/mol. The number of rotatable bonds is 4. The fourth-order valence-corrected chi connectivity index (χ4v) is 4.77. The van der Waals surface area contributed by atoms with Crippen molar-refractivity contribution in [3.05, 3.63) is 104 Å². The summed E-state index contributed by atoms with van der Waals surface area (Å²) >= 11 is 0. The van der Waals surface area contributed by atoms with E-state index >= 15 is 30.7 Å². The molecule has 5 aromatic rings. The molecule has 1 unspecified atom stereocenters. The van der Waals surface area contributed by atoms with Gasteiger partial charge in [0, 0.05) is 10.9 Å². The molecule has 49 heavy (non-hydrogen) atoms. The molecule has 0 aliphatic carbocycles. The van der Waals surface area contributed by atoms with E-state index in [-0.39, 0.29) is 0 Å². The van der Waals surface area contributed by atoms with Crippen molar-refractivity contribution in [2.24, 2.45) is 0 Å². The molecule has 1 heterocycles. The Morgan fingerprint density at radius 2 is 0.531 bits per heavy atom. The summed E-state index contributed by atoms with van der Waals surface area (Å²) in [7, 11) is 1.62. The maximum atomic E-state index is 15.5. The summed E-state index contributed by atoms with van der Waals surface area (Å²) in [4.78, 5) is 9.68. The fourth-order valence-electron chi connectivity index (χ4n) is 4.52. The molecular formula is C29H8F16N3P. The highest BCUT2D eigenvalue weighted by molar-refractivity contribution is 7.27. The highest BCUT2D eigenvalue weighted by atomic mass is 31.0. The zero-order valence-electron chi connectivity index (χ0n) is 23.5. The van der Waals surface area contributed by atoms with Crippen molar-refractivity contribution in [2.75, 3.05) is 0 Å². The third kappa shape index (κ3) is 5.16. The van der Waals surface area contributed by atoms with Gasteiger partial charge in [0.25, 0.3) is 0 Å². The van der Waals surface area contributed by atoms with E-state index in [0.717, 1.165) is 6.92 Å². The van der Waals surface area contributed by atoms with Gasteiger partial charge in [-0.3, -0.25) is 0 Å². The van der Waals surface area contributed by atoms with Gasteiger partial charge in [0.05, 0.1) is 27.8 Å². The van der Waals surface area contributed by atoms with Crippen molar-refractivity contribution in [1.29, 1.82) is 0 Å². The first-order valence-electron chi connectivity index (χ1n) is 12.7. The van der Waals surface area contributed by atoms with Crippen LogP contribution in [-0.4, -0.2) is 15.0 Å². The van der Waals surface area contributed by atoms with Gasteiger partial charge in [0.1, 0.15) is 11.6 Å². The predicted octanol–water partition coefficient (Wildman–Crippen LogP) is 8.88. The molecule has 0 spiro atoms. The second-order valence-corrected chi connectivity index (χ2v) is 10.4.